The first kappa shape index (κ1) is 26.4. The van der Waals surface area contributed by atoms with Gasteiger partial charge in [-0.1, -0.05) is 44.1 Å². The molecular weight excluding hydrogens is 480 g/mol. The maximum absolute atomic E-state index is 12.8. The van der Waals surface area contributed by atoms with Crippen LogP contribution in [-0.2, 0) is 19.6 Å². The van der Waals surface area contributed by atoms with E-state index in [1.807, 2.05) is 0 Å². The van der Waals surface area contributed by atoms with E-state index in [0.29, 0.717) is 23.4 Å². The van der Waals surface area contributed by atoms with E-state index in [9.17, 15) is 23.1 Å². The number of nitrogens with zero attached hydrogens (tertiary/aromatic N) is 1. The topological polar surface area (TPSA) is 127 Å². The number of aromatic nitrogens is 1. The summed E-state index contributed by atoms with van der Waals surface area (Å²) >= 11 is 0. The van der Waals surface area contributed by atoms with Crippen LogP contribution < -0.4 is 4.72 Å². The molecular formula is C27H36N2O6S. The van der Waals surface area contributed by atoms with Gasteiger partial charge >= 0.3 is 5.97 Å². The molecule has 8 nitrogen and oxygen atoms in total. The first-order chi connectivity index (χ1) is 16.9. The van der Waals surface area contributed by atoms with Crippen LogP contribution in [0.4, 0.5) is 0 Å². The van der Waals surface area contributed by atoms with E-state index in [1.54, 1.807) is 18.2 Å². The summed E-state index contributed by atoms with van der Waals surface area (Å²) in [5.41, 5.74) is 1.93. The number of benzene rings is 1. The maximum Gasteiger partial charge on any atom is 0.303 e. The lowest BCUT2D eigenvalue weighted by Crippen LogP contribution is -2.31. The zero-order chi connectivity index (χ0) is 26.1. The smallest absolute Gasteiger partial charge is 0.303 e. The summed E-state index contributed by atoms with van der Waals surface area (Å²) in [6, 6.07) is 7.69. The number of rotatable bonds is 11. The molecule has 2 aliphatic carbocycles. The fourth-order valence-corrected chi connectivity index (χ4v) is 6.40. The van der Waals surface area contributed by atoms with Crippen LogP contribution in [0.2, 0.25) is 0 Å². The van der Waals surface area contributed by atoms with E-state index in [0.717, 1.165) is 43.4 Å². The van der Waals surface area contributed by atoms with Crippen molar-refractivity contribution >= 4 is 21.9 Å². The molecule has 1 aromatic heterocycles. The quantitative estimate of drug-likeness (QED) is 0.413. The van der Waals surface area contributed by atoms with Gasteiger partial charge in [-0.25, -0.2) is 13.1 Å². The van der Waals surface area contributed by atoms with Gasteiger partial charge in [-0.2, -0.15) is 0 Å². The Balaban J connectivity index is 1.52. The first-order valence-electron chi connectivity index (χ1n) is 12.7. The number of carboxylic acids is 1. The fraction of sp³-hybridized carbons (Fsp3) is 0.593. The third kappa shape index (κ3) is 6.55. The van der Waals surface area contributed by atoms with Crippen LogP contribution in [0.3, 0.4) is 0 Å². The zero-order valence-corrected chi connectivity index (χ0v) is 22.0. The fourth-order valence-electron chi connectivity index (χ4n) is 5.38. The molecule has 0 radical (unpaired) electrons. The predicted octanol–water partition coefficient (Wildman–Crippen LogP) is 5.33. The van der Waals surface area contributed by atoms with Gasteiger partial charge < -0.3 is 9.63 Å². The van der Waals surface area contributed by atoms with Crippen molar-refractivity contribution in [2.75, 3.05) is 0 Å². The average Bonchev–Trinajstić information content (AvgIpc) is 3.51. The molecule has 36 heavy (non-hydrogen) atoms. The van der Waals surface area contributed by atoms with Crippen LogP contribution in [0.5, 0.6) is 0 Å². The highest BCUT2D eigenvalue weighted by atomic mass is 32.2. The number of carboxylic acid groups (broad SMARTS) is 1. The van der Waals surface area contributed by atoms with Gasteiger partial charge in [0, 0.05) is 30.2 Å². The van der Waals surface area contributed by atoms with Gasteiger partial charge in [0.15, 0.2) is 0 Å². The Kier molecular flexibility index (Phi) is 7.59. The van der Waals surface area contributed by atoms with Crippen molar-refractivity contribution < 1.29 is 27.6 Å². The third-order valence-electron chi connectivity index (χ3n) is 7.10. The number of hydrogen-bond acceptors (Lipinski definition) is 6. The van der Waals surface area contributed by atoms with Crippen LogP contribution >= 0.6 is 0 Å². The predicted molar refractivity (Wildman–Crippen MR) is 134 cm³/mol. The van der Waals surface area contributed by atoms with Crippen molar-refractivity contribution in [1.29, 1.82) is 0 Å². The minimum Gasteiger partial charge on any atom is -0.481 e. The molecule has 2 saturated carbocycles. The highest BCUT2D eigenvalue weighted by molar-refractivity contribution is 7.90. The van der Waals surface area contributed by atoms with Gasteiger partial charge in [0.2, 0.25) is 5.91 Å². The molecule has 2 aliphatic rings. The number of sulfonamides is 1. The molecule has 1 atom stereocenters. The molecule has 0 bridgehead atoms. The number of nitrogens with one attached hydrogen (secondary N) is 1. The minimum atomic E-state index is -4.02. The van der Waals surface area contributed by atoms with E-state index in [-0.39, 0.29) is 29.6 Å². The van der Waals surface area contributed by atoms with E-state index < -0.39 is 27.8 Å². The van der Waals surface area contributed by atoms with Gasteiger partial charge in [0.1, 0.15) is 5.76 Å². The number of carbonyl (C=O) groups is 2. The molecule has 2 N–H and O–H groups in total. The maximum atomic E-state index is 12.8. The minimum absolute atomic E-state index is 0.00220. The molecule has 0 spiro atoms. The van der Waals surface area contributed by atoms with Gasteiger partial charge in [0.25, 0.3) is 10.0 Å². The Morgan fingerprint density at radius 3 is 2.39 bits per heavy atom. The van der Waals surface area contributed by atoms with Crippen LogP contribution in [0, 0.1) is 11.3 Å². The zero-order valence-electron chi connectivity index (χ0n) is 21.2. The van der Waals surface area contributed by atoms with E-state index in [1.165, 1.54) is 12.1 Å². The van der Waals surface area contributed by atoms with Gasteiger partial charge in [-0.15, -0.1) is 0 Å². The van der Waals surface area contributed by atoms with Crippen LogP contribution in [0.1, 0.15) is 107 Å². The molecule has 1 aromatic carbocycles. The summed E-state index contributed by atoms with van der Waals surface area (Å²) in [5.74, 6) is -0.0614. The standard InChI is InChI=1S/C27H36N2O6S/c1-27(2,3)16-17-13-20(14-17)26-24(18-9-10-18)25(28-35-26)19(11-12-23(31)32)15-22(30)29-36(33,34)21-7-5-4-6-8-21/h4-8,17-20H,9-16H2,1-3H3,(H,29,30)(H,31,32)/t17?,19-,20?/m0/s1. The lowest BCUT2D eigenvalue weighted by molar-refractivity contribution is -0.137. The van der Waals surface area contributed by atoms with Crippen molar-refractivity contribution in [3.8, 4) is 0 Å². The molecule has 0 saturated heterocycles. The van der Waals surface area contributed by atoms with Crippen molar-refractivity contribution in [2.24, 2.45) is 11.3 Å². The summed E-state index contributed by atoms with van der Waals surface area (Å²) in [6.45, 7) is 6.75. The molecule has 0 aliphatic heterocycles. The highest BCUT2D eigenvalue weighted by Gasteiger charge is 2.42. The molecule has 196 valence electrons. The van der Waals surface area contributed by atoms with Gasteiger partial charge in [-0.3, -0.25) is 9.59 Å². The van der Waals surface area contributed by atoms with Crippen LogP contribution in [0.15, 0.2) is 39.8 Å². The SMILES string of the molecule is CC(C)(C)CC1CC(c2onc([C@@H](CCC(=O)O)CC(=O)NS(=O)(=O)c3ccccc3)c2C2CC2)C1. The van der Waals surface area contributed by atoms with E-state index in [4.69, 9.17) is 4.52 Å². The Morgan fingerprint density at radius 2 is 1.81 bits per heavy atom. The van der Waals surface area contributed by atoms with Crippen LogP contribution in [-0.4, -0.2) is 30.6 Å². The van der Waals surface area contributed by atoms with Crippen molar-refractivity contribution in [3.05, 3.63) is 47.3 Å². The summed E-state index contributed by atoms with van der Waals surface area (Å²) in [5, 5.41) is 13.7. The Labute approximate surface area is 212 Å². The summed E-state index contributed by atoms with van der Waals surface area (Å²) < 4.78 is 33.2. The second kappa shape index (κ2) is 10.4. The second-order valence-corrected chi connectivity index (χ2v) is 13.3. The first-order valence-corrected chi connectivity index (χ1v) is 14.2. The molecule has 4 rings (SSSR count). The monoisotopic (exact) mass is 516 g/mol. The van der Waals surface area contributed by atoms with Crippen molar-refractivity contribution in [1.82, 2.24) is 9.88 Å². The van der Waals surface area contributed by atoms with E-state index in [2.05, 4.69) is 30.6 Å². The van der Waals surface area contributed by atoms with Gasteiger partial charge in [-0.05, 0) is 67.9 Å². The molecule has 1 amide bonds. The summed E-state index contributed by atoms with van der Waals surface area (Å²) in [7, 11) is -4.02. The Hall–Kier alpha value is -2.68. The lowest BCUT2D eigenvalue weighted by Gasteiger charge is -2.38. The lowest BCUT2D eigenvalue weighted by atomic mass is 9.66. The Morgan fingerprint density at radius 1 is 1.14 bits per heavy atom. The third-order valence-corrected chi connectivity index (χ3v) is 8.49. The van der Waals surface area contributed by atoms with Gasteiger partial charge in [0.05, 0.1) is 10.6 Å². The molecule has 1 heterocycles. The molecule has 0 unspecified atom stereocenters. The summed E-state index contributed by atoms with van der Waals surface area (Å²) in [6.07, 6.45) is 5.12. The van der Waals surface area contributed by atoms with Crippen molar-refractivity contribution in [3.63, 3.8) is 0 Å². The molecule has 2 aromatic rings. The molecule has 2 fully saturated rings. The second-order valence-electron chi connectivity index (χ2n) is 11.6. The summed E-state index contributed by atoms with van der Waals surface area (Å²) in [4.78, 5) is 24.2. The Bertz CT molecular complexity index is 1190. The average molecular weight is 517 g/mol. The molecule has 9 heteroatoms. The number of hydrogen-bond donors (Lipinski definition) is 2. The number of aliphatic carboxylic acids is 1. The highest BCUT2D eigenvalue weighted by Crippen LogP contribution is 2.53. The largest absolute Gasteiger partial charge is 0.481 e. The number of amides is 1. The van der Waals surface area contributed by atoms with Crippen LogP contribution in [0.25, 0.3) is 0 Å². The van der Waals surface area contributed by atoms with E-state index >= 15 is 0 Å². The normalized spacial score (nSPS) is 21.0. The van der Waals surface area contributed by atoms with Crippen molar-refractivity contribution in [2.45, 2.75) is 94.8 Å². The number of carbonyl (C=O) groups excluding carboxylic acids is 1.